The van der Waals surface area contributed by atoms with E-state index in [-0.39, 0.29) is 0 Å². The van der Waals surface area contributed by atoms with Crippen molar-refractivity contribution in [1.29, 1.82) is 0 Å². The highest BCUT2D eigenvalue weighted by Gasteiger charge is 2.20. The van der Waals surface area contributed by atoms with Crippen LogP contribution in [-0.2, 0) is 0 Å². The molecule has 0 bridgehead atoms. The number of hydrogen-bond donors (Lipinski definition) is 2. The largest absolute Gasteiger partial charge is 0.372 e. The van der Waals surface area contributed by atoms with E-state index in [4.69, 9.17) is 0 Å². The summed E-state index contributed by atoms with van der Waals surface area (Å²) in [5.41, 5.74) is 1.30. The molecule has 25 heavy (non-hydrogen) atoms. The predicted molar refractivity (Wildman–Crippen MR) is 109 cm³/mol. The highest BCUT2D eigenvalue weighted by molar-refractivity contribution is 5.79. The number of aliphatic imine (C=N–C) groups is 1. The standard InChI is InChI=1S/C20H35N5/c1-4-24-15-12-18(17-24)16-23-20(21-3)22-13-9-14-25(5-2)19-10-7-6-8-11-19/h6-8,10-11,18H,4-5,9,12-17H2,1-3H3,(H2,21,22,23). The molecule has 0 aromatic heterocycles. The van der Waals surface area contributed by atoms with E-state index >= 15 is 0 Å². The molecule has 140 valence electrons. The van der Waals surface area contributed by atoms with Crippen molar-refractivity contribution in [1.82, 2.24) is 15.5 Å². The average molecular weight is 346 g/mol. The van der Waals surface area contributed by atoms with Crippen molar-refractivity contribution in [2.24, 2.45) is 10.9 Å². The van der Waals surface area contributed by atoms with E-state index in [2.05, 4.69) is 69.6 Å². The first-order chi connectivity index (χ1) is 12.3. The fraction of sp³-hybridized carbons (Fsp3) is 0.650. The molecule has 1 fully saturated rings. The first-order valence-electron chi connectivity index (χ1n) is 9.73. The van der Waals surface area contributed by atoms with E-state index in [1.54, 1.807) is 0 Å². The lowest BCUT2D eigenvalue weighted by atomic mass is 10.1. The van der Waals surface area contributed by atoms with E-state index in [0.717, 1.165) is 44.5 Å². The Hall–Kier alpha value is -1.75. The smallest absolute Gasteiger partial charge is 0.190 e. The quantitative estimate of drug-likeness (QED) is 0.410. The van der Waals surface area contributed by atoms with E-state index in [1.807, 2.05) is 7.05 Å². The molecule has 0 aliphatic carbocycles. The number of para-hydroxylation sites is 1. The molecule has 1 aliphatic rings. The molecule has 2 N–H and O–H groups in total. The Morgan fingerprint density at radius 1 is 1.24 bits per heavy atom. The summed E-state index contributed by atoms with van der Waals surface area (Å²) >= 11 is 0. The molecule has 5 nitrogen and oxygen atoms in total. The van der Waals surface area contributed by atoms with Gasteiger partial charge in [-0.25, -0.2) is 0 Å². The zero-order chi connectivity index (χ0) is 17.9. The third kappa shape index (κ3) is 6.58. The van der Waals surface area contributed by atoms with Crippen LogP contribution in [0.25, 0.3) is 0 Å². The van der Waals surface area contributed by atoms with Crippen LogP contribution in [-0.4, -0.2) is 63.7 Å². The van der Waals surface area contributed by atoms with Gasteiger partial charge in [-0.1, -0.05) is 25.1 Å². The number of likely N-dealkylation sites (tertiary alicyclic amines) is 1. The first kappa shape index (κ1) is 19.6. The lowest BCUT2D eigenvalue weighted by Gasteiger charge is -2.23. The number of rotatable bonds is 9. The minimum absolute atomic E-state index is 0.743. The van der Waals surface area contributed by atoms with E-state index in [0.29, 0.717) is 0 Å². The number of nitrogens with zero attached hydrogens (tertiary/aromatic N) is 3. The molecule has 1 aromatic carbocycles. The second-order valence-corrected chi connectivity index (χ2v) is 6.70. The van der Waals surface area contributed by atoms with Crippen LogP contribution < -0.4 is 15.5 Å². The lowest BCUT2D eigenvalue weighted by Crippen LogP contribution is -2.41. The molecule has 5 heteroatoms. The van der Waals surface area contributed by atoms with Gasteiger partial charge in [0.25, 0.3) is 0 Å². The van der Waals surface area contributed by atoms with Gasteiger partial charge in [0.1, 0.15) is 0 Å². The summed E-state index contributed by atoms with van der Waals surface area (Å²) < 4.78 is 0. The van der Waals surface area contributed by atoms with Crippen molar-refractivity contribution in [3.63, 3.8) is 0 Å². The second kappa shape index (κ2) is 11.0. The SMILES string of the molecule is CCN1CCC(CNC(=NC)NCCCN(CC)c2ccccc2)C1. The van der Waals surface area contributed by atoms with Crippen LogP contribution in [0, 0.1) is 5.92 Å². The monoisotopic (exact) mass is 345 g/mol. The fourth-order valence-corrected chi connectivity index (χ4v) is 3.41. The van der Waals surface area contributed by atoms with E-state index in [1.165, 1.54) is 31.7 Å². The molecule has 1 saturated heterocycles. The van der Waals surface area contributed by atoms with Crippen molar-refractivity contribution in [2.75, 3.05) is 57.8 Å². The Morgan fingerprint density at radius 3 is 2.68 bits per heavy atom. The van der Waals surface area contributed by atoms with Crippen LogP contribution in [0.5, 0.6) is 0 Å². The maximum absolute atomic E-state index is 4.35. The average Bonchev–Trinajstić information content (AvgIpc) is 3.13. The summed E-state index contributed by atoms with van der Waals surface area (Å²) in [6.45, 7) is 12.1. The molecule has 0 radical (unpaired) electrons. The molecule has 0 saturated carbocycles. The van der Waals surface area contributed by atoms with Gasteiger partial charge in [-0.15, -0.1) is 0 Å². The molecule has 0 spiro atoms. The van der Waals surface area contributed by atoms with Crippen molar-refractivity contribution in [3.8, 4) is 0 Å². The Kier molecular flexibility index (Phi) is 8.60. The number of hydrogen-bond acceptors (Lipinski definition) is 3. The molecule has 1 unspecified atom stereocenters. The highest BCUT2D eigenvalue weighted by Crippen LogP contribution is 2.14. The van der Waals surface area contributed by atoms with Gasteiger partial charge in [-0.05, 0) is 50.9 Å². The zero-order valence-corrected chi connectivity index (χ0v) is 16.2. The Labute approximate surface area is 153 Å². The van der Waals surface area contributed by atoms with Gasteiger partial charge >= 0.3 is 0 Å². The van der Waals surface area contributed by atoms with Gasteiger partial charge in [-0.3, -0.25) is 4.99 Å². The van der Waals surface area contributed by atoms with Crippen molar-refractivity contribution in [2.45, 2.75) is 26.7 Å². The number of guanidine groups is 1. The van der Waals surface area contributed by atoms with Gasteiger partial charge in [0.05, 0.1) is 0 Å². The third-order valence-corrected chi connectivity index (χ3v) is 5.00. The van der Waals surface area contributed by atoms with Gasteiger partial charge in [0.2, 0.25) is 0 Å². The highest BCUT2D eigenvalue weighted by atomic mass is 15.2. The molecular weight excluding hydrogens is 310 g/mol. The third-order valence-electron chi connectivity index (χ3n) is 5.00. The van der Waals surface area contributed by atoms with E-state index < -0.39 is 0 Å². The first-order valence-corrected chi connectivity index (χ1v) is 9.73. The summed E-state index contributed by atoms with van der Waals surface area (Å²) in [6.07, 6.45) is 2.39. The summed E-state index contributed by atoms with van der Waals surface area (Å²) in [5.74, 6) is 1.67. The van der Waals surface area contributed by atoms with Gasteiger partial charge in [0, 0.05) is 45.5 Å². The molecule has 1 atom stereocenters. The number of anilines is 1. The summed E-state index contributed by atoms with van der Waals surface area (Å²) in [4.78, 5) is 9.28. The van der Waals surface area contributed by atoms with Crippen LogP contribution >= 0.6 is 0 Å². The number of nitrogens with one attached hydrogen (secondary N) is 2. The summed E-state index contributed by atoms with van der Waals surface area (Å²) in [7, 11) is 1.85. The fourth-order valence-electron chi connectivity index (χ4n) is 3.41. The van der Waals surface area contributed by atoms with Crippen molar-refractivity contribution < 1.29 is 0 Å². The van der Waals surface area contributed by atoms with Crippen LogP contribution in [0.3, 0.4) is 0 Å². The summed E-state index contributed by atoms with van der Waals surface area (Å²) in [6, 6.07) is 10.6. The van der Waals surface area contributed by atoms with Crippen molar-refractivity contribution in [3.05, 3.63) is 30.3 Å². The van der Waals surface area contributed by atoms with Crippen LogP contribution in [0.15, 0.2) is 35.3 Å². The Bertz CT molecular complexity index is 502. The van der Waals surface area contributed by atoms with Crippen LogP contribution in [0.2, 0.25) is 0 Å². The molecule has 2 rings (SSSR count). The Morgan fingerprint density at radius 2 is 2.04 bits per heavy atom. The van der Waals surface area contributed by atoms with Gasteiger partial charge in [0.15, 0.2) is 5.96 Å². The van der Waals surface area contributed by atoms with Crippen molar-refractivity contribution >= 4 is 11.6 Å². The Balaban J connectivity index is 1.64. The normalized spacial score (nSPS) is 18.4. The van der Waals surface area contributed by atoms with E-state index in [9.17, 15) is 0 Å². The predicted octanol–water partition coefficient (Wildman–Crippen LogP) is 2.41. The van der Waals surface area contributed by atoms with Gasteiger partial charge < -0.3 is 20.4 Å². The molecule has 1 aliphatic heterocycles. The maximum Gasteiger partial charge on any atom is 0.190 e. The maximum atomic E-state index is 4.35. The van der Waals surface area contributed by atoms with Crippen LogP contribution in [0.1, 0.15) is 26.7 Å². The molecule has 0 amide bonds. The van der Waals surface area contributed by atoms with Gasteiger partial charge in [-0.2, -0.15) is 0 Å². The topological polar surface area (TPSA) is 42.9 Å². The summed E-state index contributed by atoms with van der Waals surface area (Å²) in [5, 5.41) is 6.94. The van der Waals surface area contributed by atoms with Crippen LogP contribution in [0.4, 0.5) is 5.69 Å². The molecule has 1 aromatic rings. The molecule has 1 heterocycles. The molecular formula is C20H35N5. The lowest BCUT2D eigenvalue weighted by molar-refractivity contribution is 0.342. The second-order valence-electron chi connectivity index (χ2n) is 6.70. The minimum Gasteiger partial charge on any atom is -0.372 e. The zero-order valence-electron chi connectivity index (χ0n) is 16.2. The minimum atomic E-state index is 0.743. The number of benzene rings is 1.